The molecule has 0 aromatic heterocycles. The van der Waals surface area contributed by atoms with Crippen molar-refractivity contribution in [1.82, 2.24) is 0 Å². The first-order chi connectivity index (χ1) is 6.36. The second-order valence-corrected chi connectivity index (χ2v) is 3.44. The Morgan fingerprint density at radius 1 is 1.23 bits per heavy atom. The fraction of sp³-hybridized carbons (Fsp3) is 0.250. The SMILES string of the molecule is C[N+]1=CCC(c2ccccc2)C=C1. The van der Waals surface area contributed by atoms with Gasteiger partial charge in [-0.25, -0.2) is 4.58 Å². The lowest BCUT2D eigenvalue weighted by Gasteiger charge is -2.11. The van der Waals surface area contributed by atoms with Gasteiger partial charge in [0.05, 0.1) is 0 Å². The van der Waals surface area contributed by atoms with Gasteiger partial charge in [-0.3, -0.25) is 0 Å². The lowest BCUT2D eigenvalue weighted by Crippen LogP contribution is -2.08. The second kappa shape index (κ2) is 3.56. The summed E-state index contributed by atoms with van der Waals surface area (Å²) in [4.78, 5) is 0. The number of nitrogens with zero attached hydrogens (tertiary/aromatic N) is 1. The van der Waals surface area contributed by atoms with E-state index >= 15 is 0 Å². The van der Waals surface area contributed by atoms with E-state index in [-0.39, 0.29) is 0 Å². The van der Waals surface area contributed by atoms with E-state index in [0.29, 0.717) is 5.92 Å². The molecule has 0 spiro atoms. The molecular weight excluding hydrogens is 158 g/mol. The molecule has 0 aliphatic carbocycles. The summed E-state index contributed by atoms with van der Waals surface area (Å²) in [5.74, 6) is 0.567. The first kappa shape index (κ1) is 8.24. The number of rotatable bonds is 1. The first-order valence-corrected chi connectivity index (χ1v) is 4.65. The molecule has 0 saturated carbocycles. The normalized spacial score (nSPS) is 21.3. The molecule has 0 saturated heterocycles. The molecule has 1 nitrogen and oxygen atoms in total. The van der Waals surface area contributed by atoms with E-state index in [1.807, 2.05) is 0 Å². The Morgan fingerprint density at radius 2 is 2.00 bits per heavy atom. The summed E-state index contributed by atoms with van der Waals surface area (Å²) in [6.07, 6.45) is 7.71. The van der Waals surface area contributed by atoms with Crippen molar-refractivity contribution in [3.8, 4) is 0 Å². The minimum absolute atomic E-state index is 0.567. The van der Waals surface area contributed by atoms with Gasteiger partial charge in [0.1, 0.15) is 13.3 Å². The number of allylic oxidation sites excluding steroid dienone is 1. The Balaban J connectivity index is 2.18. The highest BCUT2D eigenvalue weighted by Crippen LogP contribution is 2.21. The lowest BCUT2D eigenvalue weighted by atomic mass is 9.95. The molecule has 0 bridgehead atoms. The van der Waals surface area contributed by atoms with Gasteiger partial charge in [0.2, 0.25) is 0 Å². The third-order valence-corrected chi connectivity index (χ3v) is 2.43. The Labute approximate surface area is 79.0 Å². The summed E-state index contributed by atoms with van der Waals surface area (Å²) in [5.41, 5.74) is 1.41. The lowest BCUT2D eigenvalue weighted by molar-refractivity contribution is -0.420. The van der Waals surface area contributed by atoms with Gasteiger partial charge >= 0.3 is 0 Å². The molecule has 2 rings (SSSR count). The van der Waals surface area contributed by atoms with Crippen LogP contribution in [0.25, 0.3) is 0 Å². The van der Waals surface area contributed by atoms with Crippen LogP contribution in [0.4, 0.5) is 0 Å². The minimum atomic E-state index is 0.567. The second-order valence-electron chi connectivity index (χ2n) is 3.44. The summed E-state index contributed by atoms with van der Waals surface area (Å²) in [6, 6.07) is 10.6. The summed E-state index contributed by atoms with van der Waals surface area (Å²) >= 11 is 0. The first-order valence-electron chi connectivity index (χ1n) is 4.65. The summed E-state index contributed by atoms with van der Waals surface area (Å²) in [5, 5.41) is 0. The molecule has 66 valence electrons. The van der Waals surface area contributed by atoms with Crippen LogP contribution in [0.1, 0.15) is 17.9 Å². The molecule has 1 atom stereocenters. The Hall–Kier alpha value is -1.37. The van der Waals surface area contributed by atoms with Gasteiger partial charge in [-0.05, 0) is 11.6 Å². The molecule has 0 N–H and O–H groups in total. The van der Waals surface area contributed by atoms with Crippen LogP contribution in [-0.2, 0) is 0 Å². The highest BCUT2D eigenvalue weighted by atomic mass is 14.9. The molecular formula is C12H14N+. The smallest absolute Gasteiger partial charge is 0.164 e. The molecule has 1 aliphatic heterocycles. The van der Waals surface area contributed by atoms with Gasteiger partial charge in [-0.1, -0.05) is 30.3 Å². The van der Waals surface area contributed by atoms with Crippen LogP contribution in [0.2, 0.25) is 0 Å². The van der Waals surface area contributed by atoms with Gasteiger partial charge in [0.25, 0.3) is 0 Å². The number of hydrogen-bond acceptors (Lipinski definition) is 0. The van der Waals surface area contributed by atoms with E-state index in [0.717, 1.165) is 6.42 Å². The van der Waals surface area contributed by atoms with Crippen LogP contribution in [-0.4, -0.2) is 17.8 Å². The Bertz CT molecular complexity index is 335. The predicted octanol–water partition coefficient (Wildman–Crippen LogP) is 2.40. The minimum Gasteiger partial charge on any atom is -0.212 e. The van der Waals surface area contributed by atoms with Crippen LogP contribution in [0.15, 0.2) is 42.6 Å². The zero-order chi connectivity index (χ0) is 9.10. The van der Waals surface area contributed by atoms with Crippen molar-refractivity contribution in [2.75, 3.05) is 7.05 Å². The van der Waals surface area contributed by atoms with E-state index in [4.69, 9.17) is 0 Å². The molecule has 1 unspecified atom stereocenters. The number of benzene rings is 1. The zero-order valence-corrected chi connectivity index (χ0v) is 7.85. The van der Waals surface area contributed by atoms with Crippen molar-refractivity contribution in [2.24, 2.45) is 0 Å². The third-order valence-electron chi connectivity index (χ3n) is 2.43. The van der Waals surface area contributed by atoms with Gasteiger partial charge < -0.3 is 0 Å². The monoisotopic (exact) mass is 172 g/mol. The summed E-state index contributed by atoms with van der Waals surface area (Å²) < 4.78 is 2.11. The molecule has 0 fully saturated rings. The van der Waals surface area contributed by atoms with Crippen LogP contribution in [0, 0.1) is 0 Å². The van der Waals surface area contributed by atoms with E-state index in [1.54, 1.807) is 0 Å². The van der Waals surface area contributed by atoms with E-state index in [9.17, 15) is 0 Å². The van der Waals surface area contributed by atoms with Crippen molar-refractivity contribution in [3.63, 3.8) is 0 Å². The standard InChI is InChI=1S/C12H14N/c1-13-9-7-12(8-10-13)11-5-3-2-4-6-11/h2-7,9-10,12H,8H2,1H3/q+1. The number of hydrogen-bond donors (Lipinski definition) is 0. The van der Waals surface area contributed by atoms with E-state index in [2.05, 4.69) is 60.4 Å². The van der Waals surface area contributed by atoms with Gasteiger partial charge in [-0.15, -0.1) is 0 Å². The highest BCUT2D eigenvalue weighted by molar-refractivity contribution is 5.55. The molecule has 13 heavy (non-hydrogen) atoms. The molecule has 1 heterocycles. The Kier molecular flexibility index (Phi) is 2.26. The van der Waals surface area contributed by atoms with Crippen molar-refractivity contribution >= 4 is 6.21 Å². The third kappa shape index (κ3) is 1.86. The average molecular weight is 172 g/mol. The maximum absolute atomic E-state index is 2.26. The van der Waals surface area contributed by atoms with Crippen LogP contribution < -0.4 is 0 Å². The highest BCUT2D eigenvalue weighted by Gasteiger charge is 2.12. The molecule has 0 radical (unpaired) electrons. The van der Waals surface area contributed by atoms with Gasteiger partial charge in [0, 0.05) is 12.3 Å². The topological polar surface area (TPSA) is 3.01 Å². The predicted molar refractivity (Wildman–Crippen MR) is 55.2 cm³/mol. The van der Waals surface area contributed by atoms with Gasteiger partial charge in [-0.2, -0.15) is 0 Å². The molecule has 1 aliphatic rings. The van der Waals surface area contributed by atoms with Crippen LogP contribution in [0.5, 0.6) is 0 Å². The molecule has 1 heteroatoms. The quantitative estimate of drug-likeness (QED) is 0.572. The van der Waals surface area contributed by atoms with E-state index in [1.165, 1.54) is 5.56 Å². The largest absolute Gasteiger partial charge is 0.212 e. The summed E-state index contributed by atoms with van der Waals surface area (Å²) in [6.45, 7) is 0. The fourth-order valence-corrected chi connectivity index (χ4v) is 1.61. The maximum atomic E-state index is 2.26. The van der Waals surface area contributed by atoms with Crippen molar-refractivity contribution in [2.45, 2.75) is 12.3 Å². The molecule has 1 aromatic rings. The van der Waals surface area contributed by atoms with Crippen LogP contribution in [0.3, 0.4) is 0 Å². The average Bonchev–Trinajstić information content (AvgIpc) is 2.20. The van der Waals surface area contributed by atoms with E-state index < -0.39 is 0 Å². The maximum Gasteiger partial charge on any atom is 0.164 e. The summed E-state index contributed by atoms with van der Waals surface area (Å²) in [7, 11) is 2.07. The molecule has 1 aromatic carbocycles. The van der Waals surface area contributed by atoms with Crippen molar-refractivity contribution in [1.29, 1.82) is 0 Å². The zero-order valence-electron chi connectivity index (χ0n) is 7.85. The Morgan fingerprint density at radius 3 is 2.62 bits per heavy atom. The van der Waals surface area contributed by atoms with Crippen molar-refractivity contribution in [3.05, 3.63) is 48.2 Å². The fourth-order valence-electron chi connectivity index (χ4n) is 1.61. The molecule has 0 amide bonds. The van der Waals surface area contributed by atoms with Gasteiger partial charge in [0.15, 0.2) is 6.20 Å². The van der Waals surface area contributed by atoms with Crippen molar-refractivity contribution < 1.29 is 4.58 Å². The van der Waals surface area contributed by atoms with Crippen LogP contribution >= 0.6 is 0 Å².